The summed E-state index contributed by atoms with van der Waals surface area (Å²) in [5.74, 6) is 0.331. The molecule has 0 saturated carbocycles. The van der Waals surface area contributed by atoms with Gasteiger partial charge in [0.05, 0.1) is 6.61 Å². The third-order valence-corrected chi connectivity index (χ3v) is 4.75. The number of carbonyl (C=O) groups is 2. The molecule has 7 heteroatoms. The van der Waals surface area contributed by atoms with Crippen molar-refractivity contribution in [1.82, 2.24) is 10.6 Å². The Balaban J connectivity index is 1.80. The predicted octanol–water partition coefficient (Wildman–Crippen LogP) is 4.91. The number of carbonyl (C=O) groups excluding carboxylic acids is 2. The zero-order chi connectivity index (χ0) is 22.5. The molecule has 0 atom stereocenters. The number of benzene rings is 2. The molecule has 2 aromatic rings. The van der Waals surface area contributed by atoms with Gasteiger partial charge in [0.25, 0.3) is 11.8 Å². The summed E-state index contributed by atoms with van der Waals surface area (Å²) < 4.78 is 5.70. The van der Waals surface area contributed by atoms with Gasteiger partial charge >= 0.3 is 0 Å². The molecule has 0 aromatic heterocycles. The van der Waals surface area contributed by atoms with Crippen LogP contribution in [0.15, 0.2) is 48.5 Å². The summed E-state index contributed by atoms with van der Waals surface area (Å²) in [5, 5.41) is 8.62. The number of ether oxygens (including phenoxy) is 1. The van der Waals surface area contributed by atoms with Crippen molar-refractivity contribution in [2.24, 2.45) is 0 Å². The fourth-order valence-corrected chi connectivity index (χ4v) is 3.02. The molecule has 166 valence electrons. The Morgan fingerprint density at radius 1 is 0.839 bits per heavy atom. The van der Waals surface area contributed by atoms with Crippen LogP contribution in [-0.2, 0) is 0 Å². The molecule has 31 heavy (non-hydrogen) atoms. The maximum atomic E-state index is 12.4. The Bertz CT molecular complexity index is 851. The van der Waals surface area contributed by atoms with E-state index in [2.05, 4.69) is 22.9 Å². The van der Waals surface area contributed by atoms with Crippen molar-refractivity contribution in [3.05, 3.63) is 59.7 Å². The smallest absolute Gasteiger partial charge is 0.257 e. The fourth-order valence-electron chi connectivity index (χ4n) is 2.80. The number of hydrogen-bond donors (Lipinski definition) is 3. The van der Waals surface area contributed by atoms with E-state index in [1.807, 2.05) is 6.92 Å². The average molecular weight is 442 g/mol. The van der Waals surface area contributed by atoms with Gasteiger partial charge in [-0.2, -0.15) is 0 Å². The Morgan fingerprint density at radius 2 is 1.48 bits per heavy atom. The molecular formula is C24H31N3O3S. The second-order valence-electron chi connectivity index (χ2n) is 7.17. The van der Waals surface area contributed by atoms with E-state index in [0.29, 0.717) is 30.0 Å². The van der Waals surface area contributed by atoms with Crippen LogP contribution in [0.2, 0.25) is 0 Å². The van der Waals surface area contributed by atoms with Gasteiger partial charge in [-0.25, -0.2) is 0 Å². The average Bonchev–Trinajstić information content (AvgIpc) is 2.78. The van der Waals surface area contributed by atoms with Crippen LogP contribution in [0.4, 0.5) is 5.69 Å². The number of hydrogen-bond acceptors (Lipinski definition) is 4. The normalized spacial score (nSPS) is 10.3. The standard InChI is InChI=1S/C24H31N3O3S/c1-3-5-6-7-17-30-21-14-10-19(11-15-21)23(29)27-24(31)26-20-12-8-18(9-13-20)22(28)25-16-4-2/h8-15H,3-7,16-17H2,1-2H3,(H,25,28)(H2,26,27,29,31). The zero-order valence-corrected chi connectivity index (χ0v) is 19.0. The molecular weight excluding hydrogens is 410 g/mol. The van der Waals surface area contributed by atoms with E-state index in [-0.39, 0.29) is 16.9 Å². The molecule has 0 aliphatic carbocycles. The van der Waals surface area contributed by atoms with E-state index in [4.69, 9.17) is 17.0 Å². The maximum Gasteiger partial charge on any atom is 0.257 e. The highest BCUT2D eigenvalue weighted by Gasteiger charge is 2.09. The van der Waals surface area contributed by atoms with Crippen LogP contribution in [0.1, 0.15) is 66.7 Å². The van der Waals surface area contributed by atoms with Crippen LogP contribution in [-0.4, -0.2) is 30.1 Å². The Labute approximate surface area is 189 Å². The lowest BCUT2D eigenvalue weighted by Crippen LogP contribution is -2.34. The molecule has 0 unspecified atom stereocenters. The highest BCUT2D eigenvalue weighted by molar-refractivity contribution is 7.80. The molecule has 2 aromatic carbocycles. The van der Waals surface area contributed by atoms with E-state index in [1.165, 1.54) is 12.8 Å². The minimum atomic E-state index is -0.303. The molecule has 0 fully saturated rings. The number of amides is 2. The first-order valence-corrected chi connectivity index (χ1v) is 11.2. The Morgan fingerprint density at radius 3 is 2.13 bits per heavy atom. The van der Waals surface area contributed by atoms with Crippen molar-refractivity contribution in [2.75, 3.05) is 18.5 Å². The predicted molar refractivity (Wildman–Crippen MR) is 129 cm³/mol. The van der Waals surface area contributed by atoms with Gasteiger partial charge in [0.2, 0.25) is 0 Å². The number of thiocarbonyl (C=S) groups is 1. The van der Waals surface area contributed by atoms with E-state index in [1.54, 1.807) is 48.5 Å². The second kappa shape index (κ2) is 13.4. The van der Waals surface area contributed by atoms with Gasteiger partial charge in [-0.3, -0.25) is 14.9 Å². The van der Waals surface area contributed by atoms with Crippen molar-refractivity contribution >= 4 is 34.8 Å². The summed E-state index contributed by atoms with van der Waals surface area (Å²) in [5.41, 5.74) is 1.75. The highest BCUT2D eigenvalue weighted by Crippen LogP contribution is 2.14. The van der Waals surface area contributed by atoms with Crippen LogP contribution < -0.4 is 20.7 Å². The van der Waals surface area contributed by atoms with Crippen molar-refractivity contribution in [3.63, 3.8) is 0 Å². The summed E-state index contributed by atoms with van der Waals surface area (Å²) in [6.07, 6.45) is 5.49. The Kier molecular flexibility index (Phi) is 10.5. The molecule has 0 saturated heterocycles. The molecule has 0 aliphatic rings. The highest BCUT2D eigenvalue weighted by atomic mass is 32.1. The van der Waals surface area contributed by atoms with E-state index in [0.717, 1.165) is 25.0 Å². The topological polar surface area (TPSA) is 79.5 Å². The quantitative estimate of drug-likeness (QED) is 0.341. The summed E-state index contributed by atoms with van der Waals surface area (Å²) in [4.78, 5) is 24.3. The van der Waals surface area contributed by atoms with Gasteiger partial charge in [0, 0.05) is 23.4 Å². The van der Waals surface area contributed by atoms with Gasteiger partial charge in [0.15, 0.2) is 5.11 Å². The van der Waals surface area contributed by atoms with Gasteiger partial charge in [-0.05, 0) is 73.6 Å². The Hall–Kier alpha value is -2.93. The second-order valence-corrected chi connectivity index (χ2v) is 7.58. The van der Waals surface area contributed by atoms with Gasteiger partial charge in [-0.15, -0.1) is 0 Å². The fraction of sp³-hybridized carbons (Fsp3) is 0.375. The van der Waals surface area contributed by atoms with E-state index >= 15 is 0 Å². The molecule has 3 N–H and O–H groups in total. The molecule has 0 spiro atoms. The third kappa shape index (κ3) is 8.76. The zero-order valence-electron chi connectivity index (χ0n) is 18.2. The first-order valence-electron chi connectivity index (χ1n) is 10.8. The third-order valence-electron chi connectivity index (χ3n) is 4.55. The molecule has 6 nitrogen and oxygen atoms in total. The minimum absolute atomic E-state index is 0.113. The molecule has 0 aliphatic heterocycles. The lowest BCUT2D eigenvalue weighted by Gasteiger charge is -2.11. The number of unbranched alkanes of at least 4 members (excludes halogenated alkanes) is 3. The lowest BCUT2D eigenvalue weighted by molar-refractivity contribution is 0.0951. The largest absolute Gasteiger partial charge is 0.494 e. The van der Waals surface area contributed by atoms with Crippen LogP contribution >= 0.6 is 12.2 Å². The van der Waals surface area contributed by atoms with Crippen molar-refractivity contribution in [2.45, 2.75) is 46.0 Å². The first-order chi connectivity index (χ1) is 15.0. The minimum Gasteiger partial charge on any atom is -0.494 e. The molecule has 2 amide bonds. The first kappa shape index (κ1) is 24.3. The van der Waals surface area contributed by atoms with Crippen LogP contribution in [0.3, 0.4) is 0 Å². The number of nitrogens with one attached hydrogen (secondary N) is 3. The van der Waals surface area contributed by atoms with Gasteiger partial charge in [-0.1, -0.05) is 33.1 Å². The van der Waals surface area contributed by atoms with E-state index in [9.17, 15) is 9.59 Å². The SMILES string of the molecule is CCCCCCOc1ccc(C(=O)NC(=S)Nc2ccc(C(=O)NCCC)cc2)cc1. The summed E-state index contributed by atoms with van der Waals surface area (Å²) in [6.45, 7) is 5.50. The van der Waals surface area contributed by atoms with Crippen LogP contribution in [0.5, 0.6) is 5.75 Å². The summed E-state index contributed by atoms with van der Waals surface area (Å²) in [7, 11) is 0. The van der Waals surface area contributed by atoms with E-state index < -0.39 is 0 Å². The van der Waals surface area contributed by atoms with Crippen molar-refractivity contribution in [1.29, 1.82) is 0 Å². The molecule has 0 bridgehead atoms. The number of rotatable bonds is 11. The number of anilines is 1. The summed E-state index contributed by atoms with van der Waals surface area (Å²) in [6, 6.07) is 13.9. The van der Waals surface area contributed by atoms with Gasteiger partial charge < -0.3 is 15.4 Å². The lowest BCUT2D eigenvalue weighted by atomic mass is 10.2. The monoisotopic (exact) mass is 441 g/mol. The van der Waals surface area contributed by atoms with Crippen molar-refractivity contribution in [3.8, 4) is 5.75 Å². The molecule has 2 rings (SSSR count). The van der Waals surface area contributed by atoms with Crippen LogP contribution in [0, 0.1) is 0 Å². The summed E-state index contributed by atoms with van der Waals surface area (Å²) >= 11 is 5.22. The molecule has 0 radical (unpaired) electrons. The van der Waals surface area contributed by atoms with Crippen LogP contribution in [0.25, 0.3) is 0 Å². The molecule has 0 heterocycles. The van der Waals surface area contributed by atoms with Gasteiger partial charge in [0.1, 0.15) is 5.75 Å². The maximum absolute atomic E-state index is 12.4. The van der Waals surface area contributed by atoms with Crippen molar-refractivity contribution < 1.29 is 14.3 Å².